The number of aryl methyl sites for hydroxylation is 1. The number of rotatable bonds is 5. The van der Waals surface area contributed by atoms with Gasteiger partial charge in [-0.2, -0.15) is 0 Å². The number of methoxy groups -OCH3 is 2. The van der Waals surface area contributed by atoms with Gasteiger partial charge in [0.15, 0.2) is 11.6 Å². The molecule has 0 amide bonds. The molecule has 32 heavy (non-hydrogen) atoms. The summed E-state index contributed by atoms with van der Waals surface area (Å²) < 4.78 is 52.3. The highest BCUT2D eigenvalue weighted by atomic mass is 19.2. The standard InChI is InChI=1S/C17H13F3O3.C8H10O/c1-8(10-6-4-5-7-11(10)23-3)12-13(17(21)22)16(20)15(19)9(2)14(12)18;1-7-5-3-4-6-8(7)9-2/h4-7H,1H2,2-3H3,(H,21,22);3-6H,1-2H3. The Labute approximate surface area is 184 Å². The van der Waals surface area contributed by atoms with Crippen LogP contribution >= 0.6 is 0 Å². The second-order valence-electron chi connectivity index (χ2n) is 6.77. The number of hydrogen-bond donors (Lipinski definition) is 1. The molecule has 7 heteroatoms. The lowest BCUT2D eigenvalue weighted by Crippen LogP contribution is -2.13. The molecule has 168 valence electrons. The van der Waals surface area contributed by atoms with Crippen molar-refractivity contribution in [1.29, 1.82) is 0 Å². The van der Waals surface area contributed by atoms with Crippen LogP contribution in [0, 0.1) is 31.3 Å². The molecule has 0 fully saturated rings. The van der Waals surface area contributed by atoms with Crippen molar-refractivity contribution in [3.8, 4) is 11.5 Å². The Bertz CT molecular complexity index is 1160. The normalized spacial score (nSPS) is 10.1. The third-order valence-electron chi connectivity index (χ3n) is 4.80. The fourth-order valence-electron chi connectivity index (χ4n) is 3.08. The molecule has 1 N–H and O–H groups in total. The van der Waals surface area contributed by atoms with Crippen LogP contribution in [0.25, 0.3) is 5.57 Å². The summed E-state index contributed by atoms with van der Waals surface area (Å²) in [6.45, 7) is 6.70. The van der Waals surface area contributed by atoms with Crippen molar-refractivity contribution in [2.24, 2.45) is 0 Å². The predicted molar refractivity (Wildman–Crippen MR) is 117 cm³/mol. The number of para-hydroxylation sites is 2. The van der Waals surface area contributed by atoms with E-state index in [0.717, 1.165) is 12.7 Å². The van der Waals surface area contributed by atoms with Gasteiger partial charge >= 0.3 is 5.97 Å². The topological polar surface area (TPSA) is 55.8 Å². The maximum atomic E-state index is 14.5. The van der Waals surface area contributed by atoms with Gasteiger partial charge in [-0.1, -0.05) is 43.0 Å². The number of aromatic carboxylic acids is 1. The van der Waals surface area contributed by atoms with Gasteiger partial charge in [-0.15, -0.1) is 0 Å². The van der Waals surface area contributed by atoms with Crippen molar-refractivity contribution in [3.05, 3.63) is 100 Å². The van der Waals surface area contributed by atoms with E-state index in [1.807, 2.05) is 31.2 Å². The molecular formula is C25H23F3O4. The van der Waals surface area contributed by atoms with Gasteiger partial charge in [0.1, 0.15) is 22.9 Å². The molecule has 0 atom stereocenters. The molecule has 0 unspecified atom stereocenters. The van der Waals surface area contributed by atoms with Gasteiger partial charge in [-0.05, 0) is 37.1 Å². The largest absolute Gasteiger partial charge is 0.496 e. The predicted octanol–water partition coefficient (Wildman–Crippen LogP) is 6.18. The zero-order valence-corrected chi connectivity index (χ0v) is 18.1. The lowest BCUT2D eigenvalue weighted by atomic mass is 9.91. The Morgan fingerprint density at radius 1 is 0.812 bits per heavy atom. The minimum absolute atomic E-state index is 0.112. The highest BCUT2D eigenvalue weighted by Crippen LogP contribution is 2.36. The van der Waals surface area contributed by atoms with Gasteiger partial charge in [0.25, 0.3) is 0 Å². The number of carbonyl (C=O) groups is 1. The molecule has 4 nitrogen and oxygen atoms in total. The molecule has 0 aliphatic carbocycles. The summed E-state index contributed by atoms with van der Waals surface area (Å²) in [6.07, 6.45) is 0. The first kappa shape index (κ1) is 24.5. The Morgan fingerprint density at radius 3 is 1.84 bits per heavy atom. The van der Waals surface area contributed by atoms with Crippen LogP contribution in [0.2, 0.25) is 0 Å². The second-order valence-corrected chi connectivity index (χ2v) is 6.77. The lowest BCUT2D eigenvalue weighted by Gasteiger charge is -2.16. The fraction of sp³-hybridized carbons (Fsp3) is 0.160. The van der Waals surface area contributed by atoms with Crippen LogP contribution < -0.4 is 9.47 Å². The summed E-state index contributed by atoms with van der Waals surface area (Å²) in [5.41, 5.74) is -0.959. The zero-order chi connectivity index (χ0) is 24.0. The van der Waals surface area contributed by atoms with Crippen LogP contribution in [0.3, 0.4) is 0 Å². The summed E-state index contributed by atoms with van der Waals surface area (Å²) in [6, 6.07) is 14.3. The van der Waals surface area contributed by atoms with Gasteiger partial charge < -0.3 is 14.6 Å². The Hall–Kier alpha value is -3.74. The van der Waals surface area contributed by atoms with E-state index >= 15 is 0 Å². The number of halogens is 3. The monoisotopic (exact) mass is 444 g/mol. The van der Waals surface area contributed by atoms with E-state index in [2.05, 4.69) is 6.58 Å². The van der Waals surface area contributed by atoms with Crippen LogP contribution in [0.5, 0.6) is 11.5 Å². The third-order valence-corrected chi connectivity index (χ3v) is 4.80. The summed E-state index contributed by atoms with van der Waals surface area (Å²) in [7, 11) is 3.05. The Balaban J connectivity index is 0.000000336. The van der Waals surface area contributed by atoms with Crippen molar-refractivity contribution in [2.45, 2.75) is 13.8 Å². The number of hydrogen-bond acceptors (Lipinski definition) is 3. The van der Waals surface area contributed by atoms with Gasteiger partial charge in [0.2, 0.25) is 0 Å². The first-order valence-electron chi connectivity index (χ1n) is 9.48. The van der Waals surface area contributed by atoms with Crippen molar-refractivity contribution in [3.63, 3.8) is 0 Å². The quantitative estimate of drug-likeness (QED) is 0.477. The summed E-state index contributed by atoms with van der Waals surface area (Å²) in [5, 5.41) is 9.16. The van der Waals surface area contributed by atoms with Gasteiger partial charge in [-0.3, -0.25) is 0 Å². The average Bonchev–Trinajstić information content (AvgIpc) is 2.79. The summed E-state index contributed by atoms with van der Waals surface area (Å²) in [4.78, 5) is 11.3. The number of ether oxygens (including phenoxy) is 2. The van der Waals surface area contributed by atoms with E-state index in [1.165, 1.54) is 18.7 Å². The maximum Gasteiger partial charge on any atom is 0.339 e. The molecule has 0 aliphatic heterocycles. The molecule has 0 heterocycles. The van der Waals surface area contributed by atoms with Crippen LogP contribution in [0.1, 0.15) is 32.6 Å². The molecule has 3 aromatic carbocycles. The van der Waals surface area contributed by atoms with Crippen LogP contribution in [-0.4, -0.2) is 25.3 Å². The molecule has 0 aromatic heterocycles. The van der Waals surface area contributed by atoms with Crippen molar-refractivity contribution < 1.29 is 32.5 Å². The van der Waals surface area contributed by atoms with Gasteiger partial charge in [0, 0.05) is 16.7 Å². The Morgan fingerprint density at radius 2 is 1.34 bits per heavy atom. The number of carboxylic acids is 1. The molecule has 3 aromatic rings. The maximum absolute atomic E-state index is 14.5. The van der Waals surface area contributed by atoms with Crippen molar-refractivity contribution in [1.82, 2.24) is 0 Å². The molecule has 0 saturated carbocycles. The van der Waals surface area contributed by atoms with E-state index in [-0.39, 0.29) is 11.1 Å². The van der Waals surface area contributed by atoms with Crippen molar-refractivity contribution in [2.75, 3.05) is 14.2 Å². The van der Waals surface area contributed by atoms with Crippen molar-refractivity contribution >= 4 is 11.5 Å². The molecule has 0 radical (unpaired) electrons. The summed E-state index contributed by atoms with van der Waals surface area (Å²) in [5.74, 6) is -4.85. The highest BCUT2D eigenvalue weighted by Gasteiger charge is 2.29. The average molecular weight is 444 g/mol. The highest BCUT2D eigenvalue weighted by molar-refractivity contribution is 5.97. The third kappa shape index (κ3) is 4.94. The Kier molecular flexibility index (Phi) is 8.07. The van der Waals surface area contributed by atoms with Gasteiger partial charge in [-0.25, -0.2) is 18.0 Å². The first-order valence-corrected chi connectivity index (χ1v) is 9.48. The second kappa shape index (κ2) is 10.5. The molecule has 0 spiro atoms. The van der Waals surface area contributed by atoms with Gasteiger partial charge in [0.05, 0.1) is 14.2 Å². The molecule has 3 rings (SSSR count). The molecule has 0 saturated heterocycles. The number of carboxylic acid groups (broad SMARTS) is 1. The smallest absolute Gasteiger partial charge is 0.339 e. The summed E-state index contributed by atoms with van der Waals surface area (Å²) >= 11 is 0. The minimum Gasteiger partial charge on any atom is -0.496 e. The first-order chi connectivity index (χ1) is 15.1. The SMILES string of the molecule is C=C(c1ccccc1OC)c1c(F)c(C)c(F)c(F)c1C(=O)O.COc1ccccc1C. The van der Waals surface area contributed by atoms with E-state index in [1.54, 1.807) is 25.3 Å². The fourth-order valence-corrected chi connectivity index (χ4v) is 3.08. The van der Waals surface area contributed by atoms with E-state index < -0.39 is 40.1 Å². The molecular weight excluding hydrogens is 421 g/mol. The van der Waals surface area contributed by atoms with E-state index in [0.29, 0.717) is 5.75 Å². The molecule has 0 aliphatic rings. The zero-order valence-electron chi connectivity index (χ0n) is 18.1. The van der Waals surface area contributed by atoms with Crippen LogP contribution in [-0.2, 0) is 0 Å². The van der Waals surface area contributed by atoms with Crippen LogP contribution in [0.15, 0.2) is 55.1 Å². The van der Waals surface area contributed by atoms with E-state index in [9.17, 15) is 18.0 Å². The minimum atomic E-state index is -1.79. The lowest BCUT2D eigenvalue weighted by molar-refractivity contribution is 0.0689. The molecule has 0 bridgehead atoms. The van der Waals surface area contributed by atoms with E-state index in [4.69, 9.17) is 14.6 Å². The van der Waals surface area contributed by atoms with Crippen LogP contribution in [0.4, 0.5) is 13.2 Å². The number of benzene rings is 3.